The molecule has 2 rings (SSSR count). The first-order valence-electron chi connectivity index (χ1n) is 6.80. The van der Waals surface area contributed by atoms with Gasteiger partial charge in [0, 0.05) is 31.7 Å². The van der Waals surface area contributed by atoms with Crippen LogP contribution in [0.15, 0.2) is 0 Å². The maximum Gasteiger partial charge on any atom is 0.0667 e. The molecule has 0 aromatic heterocycles. The zero-order valence-corrected chi connectivity index (χ0v) is 10.7. The first kappa shape index (κ1) is 12.3. The number of hydrogen-bond donors (Lipinski definition) is 2. The van der Waals surface area contributed by atoms with E-state index in [1.807, 2.05) is 0 Å². The molecule has 0 bridgehead atoms. The van der Waals surface area contributed by atoms with Gasteiger partial charge >= 0.3 is 0 Å². The van der Waals surface area contributed by atoms with E-state index in [0.29, 0.717) is 12.0 Å². The third-order valence-electron chi connectivity index (χ3n) is 3.67. The maximum atomic E-state index is 9.79. The van der Waals surface area contributed by atoms with Crippen LogP contribution in [0.3, 0.4) is 0 Å². The van der Waals surface area contributed by atoms with E-state index in [4.69, 9.17) is 0 Å². The normalized spacial score (nSPS) is 28.9. The standard InChI is InChI=1S/C13H26N2O/c1-10(2)7-13(16)8-14-11-5-6-15(9-11)12-3-4-12/h10-14,16H,3-9H2,1-2H3. The molecule has 1 saturated carbocycles. The van der Waals surface area contributed by atoms with Gasteiger partial charge in [0.15, 0.2) is 0 Å². The van der Waals surface area contributed by atoms with Gasteiger partial charge in [0.1, 0.15) is 0 Å². The molecule has 2 unspecified atom stereocenters. The minimum atomic E-state index is -0.171. The first-order chi connectivity index (χ1) is 7.65. The van der Waals surface area contributed by atoms with Crippen LogP contribution in [0.1, 0.15) is 39.5 Å². The molecule has 2 N–H and O–H groups in total. The molecular formula is C13H26N2O. The number of likely N-dealkylation sites (tertiary alicyclic amines) is 1. The van der Waals surface area contributed by atoms with Crippen molar-refractivity contribution in [3.63, 3.8) is 0 Å². The van der Waals surface area contributed by atoms with Crippen LogP contribution in [0, 0.1) is 5.92 Å². The van der Waals surface area contributed by atoms with Crippen LogP contribution < -0.4 is 5.32 Å². The van der Waals surface area contributed by atoms with E-state index in [9.17, 15) is 5.11 Å². The molecule has 0 radical (unpaired) electrons. The lowest BCUT2D eigenvalue weighted by molar-refractivity contribution is 0.142. The predicted octanol–water partition coefficient (Wildman–Crippen LogP) is 1.22. The number of aliphatic hydroxyl groups excluding tert-OH is 1. The average Bonchev–Trinajstić information content (AvgIpc) is 2.94. The minimum Gasteiger partial charge on any atom is -0.392 e. The number of aliphatic hydroxyl groups is 1. The Morgan fingerprint density at radius 2 is 2.06 bits per heavy atom. The second-order valence-corrected chi connectivity index (χ2v) is 5.90. The molecule has 0 amide bonds. The van der Waals surface area contributed by atoms with Crippen LogP contribution in [0.25, 0.3) is 0 Å². The van der Waals surface area contributed by atoms with Crippen LogP contribution in [-0.2, 0) is 0 Å². The summed E-state index contributed by atoms with van der Waals surface area (Å²) in [5.41, 5.74) is 0. The van der Waals surface area contributed by atoms with Gasteiger partial charge in [-0.1, -0.05) is 13.8 Å². The fourth-order valence-electron chi connectivity index (χ4n) is 2.66. The fraction of sp³-hybridized carbons (Fsp3) is 1.00. The summed E-state index contributed by atoms with van der Waals surface area (Å²) >= 11 is 0. The van der Waals surface area contributed by atoms with E-state index in [1.54, 1.807) is 0 Å². The molecule has 0 aromatic carbocycles. The molecule has 3 heteroatoms. The highest BCUT2D eigenvalue weighted by Gasteiger charge is 2.34. The minimum absolute atomic E-state index is 0.171. The molecule has 2 aliphatic rings. The molecule has 0 aromatic rings. The lowest BCUT2D eigenvalue weighted by atomic mass is 10.1. The van der Waals surface area contributed by atoms with Crippen molar-refractivity contribution in [1.29, 1.82) is 0 Å². The van der Waals surface area contributed by atoms with Crippen LogP contribution in [0.5, 0.6) is 0 Å². The zero-order chi connectivity index (χ0) is 11.5. The summed E-state index contributed by atoms with van der Waals surface area (Å²) in [4.78, 5) is 2.60. The molecule has 3 nitrogen and oxygen atoms in total. The second-order valence-electron chi connectivity index (χ2n) is 5.90. The Hall–Kier alpha value is -0.120. The Kier molecular flexibility index (Phi) is 4.22. The predicted molar refractivity (Wildman–Crippen MR) is 66.5 cm³/mol. The Balaban J connectivity index is 1.59. The highest BCUT2D eigenvalue weighted by Crippen LogP contribution is 2.29. The summed E-state index contributed by atoms with van der Waals surface area (Å²) < 4.78 is 0. The molecule has 1 aliphatic carbocycles. The van der Waals surface area contributed by atoms with Crippen LogP contribution in [-0.4, -0.2) is 47.8 Å². The lowest BCUT2D eigenvalue weighted by Crippen LogP contribution is -2.38. The van der Waals surface area contributed by atoms with E-state index in [0.717, 1.165) is 19.0 Å². The fourth-order valence-corrected chi connectivity index (χ4v) is 2.66. The number of hydrogen-bond acceptors (Lipinski definition) is 3. The van der Waals surface area contributed by atoms with Crippen molar-refractivity contribution in [2.24, 2.45) is 5.92 Å². The van der Waals surface area contributed by atoms with Crippen molar-refractivity contribution in [2.45, 2.75) is 57.7 Å². The van der Waals surface area contributed by atoms with Crippen molar-refractivity contribution >= 4 is 0 Å². The van der Waals surface area contributed by atoms with Gasteiger partial charge < -0.3 is 10.4 Å². The monoisotopic (exact) mass is 226 g/mol. The smallest absolute Gasteiger partial charge is 0.0667 e. The third-order valence-corrected chi connectivity index (χ3v) is 3.67. The average molecular weight is 226 g/mol. The molecule has 2 atom stereocenters. The van der Waals surface area contributed by atoms with Gasteiger partial charge in [0.25, 0.3) is 0 Å². The van der Waals surface area contributed by atoms with Crippen molar-refractivity contribution in [1.82, 2.24) is 10.2 Å². The summed E-state index contributed by atoms with van der Waals surface area (Å²) in [6, 6.07) is 1.51. The first-order valence-corrected chi connectivity index (χ1v) is 6.80. The van der Waals surface area contributed by atoms with Gasteiger partial charge in [-0.3, -0.25) is 4.90 Å². The Bertz CT molecular complexity index is 216. The van der Waals surface area contributed by atoms with E-state index >= 15 is 0 Å². The molecule has 1 saturated heterocycles. The SMILES string of the molecule is CC(C)CC(O)CNC1CCN(C2CC2)C1. The van der Waals surface area contributed by atoms with E-state index in [-0.39, 0.29) is 6.10 Å². The Morgan fingerprint density at radius 1 is 1.31 bits per heavy atom. The van der Waals surface area contributed by atoms with Gasteiger partial charge in [0.05, 0.1) is 6.10 Å². The molecular weight excluding hydrogens is 200 g/mol. The summed E-state index contributed by atoms with van der Waals surface area (Å²) in [6.07, 6.45) is 4.80. The van der Waals surface area contributed by atoms with Gasteiger partial charge in [-0.05, 0) is 31.6 Å². The molecule has 1 heterocycles. The summed E-state index contributed by atoms with van der Waals surface area (Å²) in [6.45, 7) is 7.53. The van der Waals surface area contributed by atoms with Crippen molar-refractivity contribution in [3.05, 3.63) is 0 Å². The van der Waals surface area contributed by atoms with Gasteiger partial charge in [-0.2, -0.15) is 0 Å². The number of nitrogens with zero attached hydrogens (tertiary/aromatic N) is 1. The van der Waals surface area contributed by atoms with Gasteiger partial charge in [-0.15, -0.1) is 0 Å². The van der Waals surface area contributed by atoms with E-state index in [2.05, 4.69) is 24.1 Å². The largest absolute Gasteiger partial charge is 0.392 e. The maximum absolute atomic E-state index is 9.79. The molecule has 0 spiro atoms. The highest BCUT2D eigenvalue weighted by atomic mass is 16.3. The lowest BCUT2D eigenvalue weighted by Gasteiger charge is -2.18. The third kappa shape index (κ3) is 3.72. The van der Waals surface area contributed by atoms with Crippen LogP contribution in [0.2, 0.25) is 0 Å². The Morgan fingerprint density at radius 3 is 2.69 bits per heavy atom. The quantitative estimate of drug-likeness (QED) is 0.715. The van der Waals surface area contributed by atoms with E-state index < -0.39 is 0 Å². The van der Waals surface area contributed by atoms with Crippen molar-refractivity contribution < 1.29 is 5.11 Å². The van der Waals surface area contributed by atoms with Gasteiger partial charge in [0.2, 0.25) is 0 Å². The van der Waals surface area contributed by atoms with E-state index in [1.165, 1.54) is 32.4 Å². The zero-order valence-electron chi connectivity index (χ0n) is 10.7. The van der Waals surface area contributed by atoms with Gasteiger partial charge in [-0.25, -0.2) is 0 Å². The molecule has 94 valence electrons. The summed E-state index contributed by atoms with van der Waals surface area (Å²) in [7, 11) is 0. The summed E-state index contributed by atoms with van der Waals surface area (Å²) in [5.74, 6) is 0.586. The van der Waals surface area contributed by atoms with Crippen LogP contribution >= 0.6 is 0 Å². The molecule has 1 aliphatic heterocycles. The Labute approximate surface area is 99.2 Å². The highest BCUT2D eigenvalue weighted by molar-refractivity contribution is 4.91. The molecule has 2 fully saturated rings. The molecule has 16 heavy (non-hydrogen) atoms. The number of rotatable bonds is 6. The van der Waals surface area contributed by atoms with Crippen molar-refractivity contribution in [3.8, 4) is 0 Å². The van der Waals surface area contributed by atoms with Crippen molar-refractivity contribution in [2.75, 3.05) is 19.6 Å². The topological polar surface area (TPSA) is 35.5 Å². The van der Waals surface area contributed by atoms with Crippen LogP contribution in [0.4, 0.5) is 0 Å². The summed E-state index contributed by atoms with van der Waals surface area (Å²) in [5, 5.41) is 13.3. The number of nitrogens with one attached hydrogen (secondary N) is 1. The second kappa shape index (κ2) is 5.48.